The van der Waals surface area contributed by atoms with E-state index in [2.05, 4.69) is 10.3 Å². The molecular formula is C14H13F3N2O. The maximum absolute atomic E-state index is 12.5. The van der Waals surface area contributed by atoms with E-state index in [1.807, 2.05) is 0 Å². The van der Waals surface area contributed by atoms with Crippen LogP contribution in [0.15, 0.2) is 42.6 Å². The fraction of sp³-hybridized carbons (Fsp3) is 0.214. The largest absolute Gasteiger partial charge is 0.508 e. The molecular weight excluding hydrogens is 269 g/mol. The van der Waals surface area contributed by atoms with Crippen molar-refractivity contribution in [3.05, 3.63) is 53.7 Å². The number of anilines is 1. The van der Waals surface area contributed by atoms with Crippen molar-refractivity contribution in [3.63, 3.8) is 0 Å². The fourth-order valence-corrected chi connectivity index (χ4v) is 1.70. The first-order chi connectivity index (χ1) is 9.45. The molecule has 1 aromatic carbocycles. The minimum absolute atomic E-state index is 0.182. The summed E-state index contributed by atoms with van der Waals surface area (Å²) in [6, 6.07) is 8.57. The number of alkyl halides is 3. The number of benzene rings is 1. The van der Waals surface area contributed by atoms with E-state index in [9.17, 15) is 13.2 Å². The number of hydrogen-bond acceptors (Lipinski definition) is 3. The molecule has 0 radical (unpaired) electrons. The quantitative estimate of drug-likeness (QED) is 0.902. The second-order valence-electron chi connectivity index (χ2n) is 4.27. The van der Waals surface area contributed by atoms with Crippen molar-refractivity contribution in [2.45, 2.75) is 12.6 Å². The molecule has 0 saturated heterocycles. The topological polar surface area (TPSA) is 45.1 Å². The molecule has 0 fully saturated rings. The summed E-state index contributed by atoms with van der Waals surface area (Å²) in [6.07, 6.45) is -2.61. The van der Waals surface area contributed by atoms with Crippen molar-refractivity contribution in [1.82, 2.24) is 4.98 Å². The van der Waals surface area contributed by atoms with Crippen molar-refractivity contribution in [3.8, 4) is 5.75 Å². The smallest absolute Gasteiger partial charge is 0.416 e. The number of pyridine rings is 1. The van der Waals surface area contributed by atoms with Gasteiger partial charge in [0.25, 0.3) is 0 Å². The maximum atomic E-state index is 12.5. The van der Waals surface area contributed by atoms with Gasteiger partial charge >= 0.3 is 6.18 Å². The highest BCUT2D eigenvalue weighted by atomic mass is 19.4. The molecule has 2 aromatic rings. The van der Waals surface area contributed by atoms with Crippen LogP contribution < -0.4 is 5.32 Å². The average molecular weight is 282 g/mol. The number of halogens is 3. The van der Waals surface area contributed by atoms with Crippen molar-refractivity contribution < 1.29 is 18.3 Å². The molecule has 0 aliphatic carbocycles. The van der Waals surface area contributed by atoms with Crippen LogP contribution in [0.2, 0.25) is 0 Å². The summed E-state index contributed by atoms with van der Waals surface area (Å²) in [6.45, 7) is 0.457. The summed E-state index contributed by atoms with van der Waals surface area (Å²) in [4.78, 5) is 3.85. The molecule has 2 N–H and O–H groups in total. The van der Waals surface area contributed by atoms with Gasteiger partial charge in [0.2, 0.25) is 0 Å². The van der Waals surface area contributed by atoms with E-state index < -0.39 is 11.7 Å². The Morgan fingerprint density at radius 1 is 1.10 bits per heavy atom. The number of rotatable bonds is 4. The number of aromatic nitrogens is 1. The van der Waals surface area contributed by atoms with Crippen molar-refractivity contribution in [1.29, 1.82) is 0 Å². The zero-order chi connectivity index (χ0) is 14.6. The summed E-state index contributed by atoms with van der Waals surface area (Å²) >= 11 is 0. The first-order valence-electron chi connectivity index (χ1n) is 6.00. The van der Waals surface area contributed by atoms with E-state index >= 15 is 0 Å². The van der Waals surface area contributed by atoms with E-state index in [0.29, 0.717) is 13.0 Å². The lowest BCUT2D eigenvalue weighted by molar-refractivity contribution is -0.137. The van der Waals surface area contributed by atoms with Crippen LogP contribution in [0.5, 0.6) is 5.75 Å². The lowest BCUT2D eigenvalue weighted by atomic mass is 10.1. The van der Waals surface area contributed by atoms with Gasteiger partial charge in [-0.25, -0.2) is 4.98 Å². The minimum Gasteiger partial charge on any atom is -0.508 e. The summed E-state index contributed by atoms with van der Waals surface area (Å²) in [5.41, 5.74) is 0.252. The van der Waals surface area contributed by atoms with Gasteiger partial charge in [-0.3, -0.25) is 0 Å². The lowest BCUT2D eigenvalue weighted by Crippen LogP contribution is -2.09. The molecule has 2 rings (SSSR count). The van der Waals surface area contributed by atoms with Gasteiger partial charge in [0.05, 0.1) is 5.56 Å². The molecule has 1 heterocycles. The molecule has 6 heteroatoms. The minimum atomic E-state index is -4.36. The zero-order valence-electron chi connectivity index (χ0n) is 10.5. The molecule has 0 aliphatic heterocycles. The molecule has 0 unspecified atom stereocenters. The number of aromatic hydroxyl groups is 1. The molecule has 0 aliphatic rings. The van der Waals surface area contributed by atoms with E-state index in [-0.39, 0.29) is 11.6 Å². The van der Waals surface area contributed by atoms with Gasteiger partial charge in [-0.2, -0.15) is 13.2 Å². The number of phenolic OH excluding ortho intramolecular Hbond substituents is 1. The van der Waals surface area contributed by atoms with Crippen molar-refractivity contribution in [2.75, 3.05) is 11.9 Å². The molecule has 106 valence electrons. The SMILES string of the molecule is Oc1ccc(CCNc2cc(C(F)(F)F)ccn2)cc1. The number of nitrogens with zero attached hydrogens (tertiary/aromatic N) is 1. The van der Waals surface area contributed by atoms with Gasteiger partial charge in [0, 0.05) is 12.7 Å². The summed E-state index contributed by atoms with van der Waals surface area (Å²) in [7, 11) is 0. The molecule has 1 aromatic heterocycles. The summed E-state index contributed by atoms with van der Waals surface area (Å²) < 4.78 is 37.5. The summed E-state index contributed by atoms with van der Waals surface area (Å²) in [5.74, 6) is 0.375. The van der Waals surface area contributed by atoms with Gasteiger partial charge in [-0.1, -0.05) is 12.1 Å². The van der Waals surface area contributed by atoms with E-state index in [4.69, 9.17) is 5.11 Å². The van der Waals surface area contributed by atoms with E-state index in [0.717, 1.165) is 23.9 Å². The number of nitrogens with one attached hydrogen (secondary N) is 1. The number of phenols is 1. The van der Waals surface area contributed by atoms with Crippen LogP contribution in [0.4, 0.5) is 19.0 Å². The Labute approximate surface area is 114 Å². The Balaban J connectivity index is 1.93. The van der Waals surface area contributed by atoms with Gasteiger partial charge in [-0.15, -0.1) is 0 Å². The molecule has 0 saturated carbocycles. The first kappa shape index (κ1) is 14.2. The average Bonchev–Trinajstić information content (AvgIpc) is 2.40. The molecule has 0 atom stereocenters. The molecule has 0 spiro atoms. The Bertz CT molecular complexity index is 567. The van der Waals surface area contributed by atoms with Crippen LogP contribution in [0.25, 0.3) is 0 Å². The summed E-state index contributed by atoms with van der Waals surface area (Å²) in [5, 5.41) is 12.0. The highest BCUT2D eigenvalue weighted by Gasteiger charge is 2.30. The van der Waals surface area contributed by atoms with E-state index in [1.54, 1.807) is 24.3 Å². The van der Waals surface area contributed by atoms with Crippen LogP contribution in [-0.4, -0.2) is 16.6 Å². The van der Waals surface area contributed by atoms with Crippen LogP contribution >= 0.6 is 0 Å². The Morgan fingerprint density at radius 3 is 2.45 bits per heavy atom. The zero-order valence-corrected chi connectivity index (χ0v) is 10.5. The number of hydrogen-bond donors (Lipinski definition) is 2. The third kappa shape index (κ3) is 3.88. The maximum Gasteiger partial charge on any atom is 0.416 e. The third-order valence-corrected chi connectivity index (χ3v) is 2.74. The van der Waals surface area contributed by atoms with Gasteiger partial charge < -0.3 is 10.4 Å². The first-order valence-corrected chi connectivity index (χ1v) is 6.00. The molecule has 0 bridgehead atoms. The Kier molecular flexibility index (Phi) is 4.12. The highest BCUT2D eigenvalue weighted by molar-refractivity contribution is 5.38. The Hall–Kier alpha value is -2.24. The molecule has 3 nitrogen and oxygen atoms in total. The van der Waals surface area contributed by atoms with Crippen LogP contribution in [0.3, 0.4) is 0 Å². The van der Waals surface area contributed by atoms with Gasteiger partial charge in [0.15, 0.2) is 0 Å². The van der Waals surface area contributed by atoms with Gasteiger partial charge in [-0.05, 0) is 36.2 Å². The van der Waals surface area contributed by atoms with Crippen LogP contribution in [0, 0.1) is 0 Å². The monoisotopic (exact) mass is 282 g/mol. The molecule has 20 heavy (non-hydrogen) atoms. The standard InChI is InChI=1S/C14H13F3N2O/c15-14(16,17)11-6-8-19-13(9-11)18-7-5-10-1-3-12(20)4-2-10/h1-4,6,8-9,20H,5,7H2,(H,18,19). The second kappa shape index (κ2) is 5.81. The predicted octanol–water partition coefficient (Wildman–Crippen LogP) is 3.46. The lowest BCUT2D eigenvalue weighted by Gasteiger charge is -2.09. The fourth-order valence-electron chi connectivity index (χ4n) is 1.70. The Morgan fingerprint density at radius 2 is 1.80 bits per heavy atom. The van der Waals surface area contributed by atoms with Crippen molar-refractivity contribution in [2.24, 2.45) is 0 Å². The normalized spacial score (nSPS) is 11.3. The van der Waals surface area contributed by atoms with E-state index in [1.165, 1.54) is 0 Å². The highest BCUT2D eigenvalue weighted by Crippen LogP contribution is 2.29. The second-order valence-corrected chi connectivity index (χ2v) is 4.27. The predicted molar refractivity (Wildman–Crippen MR) is 69.5 cm³/mol. The third-order valence-electron chi connectivity index (χ3n) is 2.74. The van der Waals surface area contributed by atoms with Crippen LogP contribution in [-0.2, 0) is 12.6 Å². The van der Waals surface area contributed by atoms with Gasteiger partial charge in [0.1, 0.15) is 11.6 Å². The molecule has 0 amide bonds. The van der Waals surface area contributed by atoms with Crippen molar-refractivity contribution >= 4 is 5.82 Å². The van der Waals surface area contributed by atoms with Crippen LogP contribution in [0.1, 0.15) is 11.1 Å².